The Morgan fingerprint density at radius 2 is 0.962 bits per heavy atom. The molecule has 6 aromatic carbocycles. The fraction of sp³-hybridized carbons (Fsp3) is 0. The molecular weight excluding hydrogens is 780 g/mol. The molecule has 250 valence electrons. The maximum Gasteiger partial charge on any atom is 0.164 e. The average molecular weight is 809 g/mol. The number of aromatic nitrogens is 4. The minimum Gasteiger partial charge on any atom is -0.246 e. The molecule has 0 aliphatic carbocycles. The van der Waals surface area contributed by atoms with Gasteiger partial charge in [0.15, 0.2) is 17.5 Å². The van der Waals surface area contributed by atoms with Crippen molar-refractivity contribution < 1.29 is 0 Å². The summed E-state index contributed by atoms with van der Waals surface area (Å²) in [6.45, 7) is 0. The Morgan fingerprint density at radius 3 is 1.70 bits per heavy atom. The lowest BCUT2D eigenvalue weighted by molar-refractivity contribution is 1.07. The van der Waals surface area contributed by atoms with Gasteiger partial charge < -0.3 is 0 Å². The molecule has 9 aromatic rings. The SMILES string of the molecule is C1=Cc2c(nc(-c3cccc(-c4cccc(-c5nc(-c6ccccc6)nc(-c6ccc(-c7ccccc7)cc6)n5)c4)c3)c3sc4ccccc4c23)C=I1. The summed E-state index contributed by atoms with van der Waals surface area (Å²) in [5.41, 5.74) is 11.8. The van der Waals surface area contributed by atoms with E-state index in [0.717, 1.165) is 50.3 Å². The van der Waals surface area contributed by atoms with Crippen LogP contribution in [0.1, 0.15) is 11.3 Å². The summed E-state index contributed by atoms with van der Waals surface area (Å²) in [7, 11) is 0. The van der Waals surface area contributed by atoms with Crippen LogP contribution in [0.4, 0.5) is 0 Å². The van der Waals surface area contributed by atoms with Crippen LogP contribution in [0.3, 0.4) is 0 Å². The van der Waals surface area contributed by atoms with Crippen LogP contribution in [-0.2, 0) is 0 Å². The molecule has 6 heteroatoms. The van der Waals surface area contributed by atoms with E-state index in [-0.39, 0.29) is 20.7 Å². The first-order valence-corrected chi connectivity index (χ1v) is 20.7. The topological polar surface area (TPSA) is 51.6 Å². The van der Waals surface area contributed by atoms with E-state index >= 15 is 0 Å². The van der Waals surface area contributed by atoms with E-state index in [9.17, 15) is 0 Å². The minimum absolute atomic E-state index is 0.141. The third-order valence-electron chi connectivity index (χ3n) is 9.56. The van der Waals surface area contributed by atoms with Gasteiger partial charge in [-0.15, -0.1) is 11.3 Å². The third kappa shape index (κ3) is 6.00. The van der Waals surface area contributed by atoms with Crippen molar-refractivity contribution >= 4 is 62.3 Å². The van der Waals surface area contributed by atoms with Crippen LogP contribution in [0.2, 0.25) is 0 Å². The second-order valence-corrected chi connectivity index (χ2v) is 16.0. The number of halogens is 1. The number of rotatable bonds is 6. The first-order chi connectivity index (χ1) is 26.2. The smallest absolute Gasteiger partial charge is 0.164 e. The molecule has 0 radical (unpaired) electrons. The quantitative estimate of drug-likeness (QED) is 0.157. The molecule has 10 rings (SSSR count). The number of hydrogen-bond acceptors (Lipinski definition) is 5. The van der Waals surface area contributed by atoms with Crippen molar-refractivity contribution in [2.45, 2.75) is 0 Å². The minimum atomic E-state index is -0.141. The number of thiophene rings is 1. The van der Waals surface area contributed by atoms with Crippen LogP contribution in [0.5, 0.6) is 0 Å². The third-order valence-corrected chi connectivity index (χ3v) is 12.5. The van der Waals surface area contributed by atoms with E-state index in [0.29, 0.717) is 17.5 Å². The Bertz CT molecular complexity index is 2880. The van der Waals surface area contributed by atoms with Gasteiger partial charge in [0.05, 0.1) is 16.1 Å². The summed E-state index contributed by atoms with van der Waals surface area (Å²) < 4.78 is 7.20. The first kappa shape index (κ1) is 31.7. The molecule has 0 spiro atoms. The van der Waals surface area contributed by atoms with Crippen molar-refractivity contribution in [2.24, 2.45) is 0 Å². The normalized spacial score (nSPS) is 12.2. The standard InChI is InChI=1S/C47H29IN4S/c1-3-11-30(12-4-1)31-21-23-33(24-22-31)46-50-45(32-13-5-2-6-14-32)51-47(52-46)37-18-10-16-35(28-37)34-15-9-17-36(27-34)43-44-42(38-25-26-48-29-40(38)49-43)39-19-7-8-20-41(39)53-44/h1-29H. The zero-order chi connectivity index (χ0) is 35.1. The van der Waals surface area contributed by atoms with Crippen LogP contribution in [-0.4, -0.2) is 23.9 Å². The van der Waals surface area contributed by atoms with E-state index in [1.54, 1.807) is 0 Å². The van der Waals surface area contributed by atoms with Crippen molar-refractivity contribution in [3.05, 3.63) is 173 Å². The number of hydrogen-bond donors (Lipinski definition) is 0. The highest BCUT2D eigenvalue weighted by molar-refractivity contribution is 14.2. The predicted molar refractivity (Wildman–Crippen MR) is 231 cm³/mol. The molecule has 0 atom stereocenters. The maximum absolute atomic E-state index is 5.31. The molecule has 3 aromatic heterocycles. The largest absolute Gasteiger partial charge is 0.246 e. The van der Waals surface area contributed by atoms with Gasteiger partial charge in [-0.2, -0.15) is 0 Å². The lowest BCUT2D eigenvalue weighted by Crippen LogP contribution is -2.00. The maximum atomic E-state index is 5.31. The molecule has 53 heavy (non-hydrogen) atoms. The molecular formula is C47H29IN4S. The molecule has 4 nitrogen and oxygen atoms in total. The van der Waals surface area contributed by atoms with Gasteiger partial charge in [0.2, 0.25) is 0 Å². The number of nitrogens with zero attached hydrogens (tertiary/aromatic N) is 4. The van der Waals surface area contributed by atoms with Gasteiger partial charge in [-0.25, -0.2) is 19.9 Å². The fourth-order valence-electron chi connectivity index (χ4n) is 6.96. The Balaban J connectivity index is 1.06. The monoisotopic (exact) mass is 808 g/mol. The van der Waals surface area contributed by atoms with Gasteiger partial charge in [0.1, 0.15) is 0 Å². The van der Waals surface area contributed by atoms with Crippen molar-refractivity contribution in [3.8, 4) is 67.7 Å². The lowest BCUT2D eigenvalue weighted by atomic mass is 9.97. The average Bonchev–Trinajstić information content (AvgIpc) is 3.64. The molecule has 0 amide bonds. The molecule has 0 saturated heterocycles. The molecule has 4 heterocycles. The molecule has 1 aliphatic rings. The summed E-state index contributed by atoms with van der Waals surface area (Å²) in [5, 5.41) is 2.61. The Labute approximate surface area is 321 Å². The van der Waals surface area contributed by atoms with E-state index in [4.69, 9.17) is 19.9 Å². The van der Waals surface area contributed by atoms with Gasteiger partial charge in [-0.3, -0.25) is 0 Å². The van der Waals surface area contributed by atoms with Gasteiger partial charge in [0.25, 0.3) is 0 Å². The number of fused-ring (bicyclic) bond motifs is 5. The van der Waals surface area contributed by atoms with Crippen LogP contribution < -0.4 is 0 Å². The zero-order valence-corrected chi connectivity index (χ0v) is 31.3. The van der Waals surface area contributed by atoms with E-state index < -0.39 is 0 Å². The number of pyridine rings is 1. The molecule has 0 saturated carbocycles. The van der Waals surface area contributed by atoms with Gasteiger partial charge in [0, 0.05) is 43.3 Å². The second-order valence-electron chi connectivity index (χ2n) is 12.9. The van der Waals surface area contributed by atoms with Crippen LogP contribution in [0, 0.1) is 0 Å². The highest BCUT2D eigenvalue weighted by Gasteiger charge is 2.19. The molecule has 1 aliphatic heterocycles. The highest BCUT2D eigenvalue weighted by Crippen LogP contribution is 2.43. The van der Waals surface area contributed by atoms with Crippen molar-refractivity contribution in [2.75, 3.05) is 0 Å². The second kappa shape index (κ2) is 13.5. The molecule has 0 N–H and O–H groups in total. The van der Waals surface area contributed by atoms with Crippen LogP contribution in [0.15, 0.2) is 162 Å². The summed E-state index contributed by atoms with van der Waals surface area (Å²) in [4.78, 5) is 20.4. The van der Waals surface area contributed by atoms with E-state index in [1.165, 1.54) is 31.3 Å². The van der Waals surface area contributed by atoms with Crippen LogP contribution >= 0.6 is 32.1 Å². The summed E-state index contributed by atoms with van der Waals surface area (Å²) in [6, 6.07) is 55.0. The van der Waals surface area contributed by atoms with E-state index in [1.807, 2.05) is 47.7 Å². The molecule has 0 bridgehead atoms. The van der Waals surface area contributed by atoms with Crippen molar-refractivity contribution in [3.63, 3.8) is 0 Å². The van der Waals surface area contributed by atoms with Crippen LogP contribution in [0.25, 0.3) is 93.9 Å². The molecule has 0 fully saturated rings. The first-order valence-electron chi connectivity index (χ1n) is 17.4. The lowest BCUT2D eigenvalue weighted by Gasteiger charge is -2.13. The van der Waals surface area contributed by atoms with Crippen molar-refractivity contribution in [1.29, 1.82) is 0 Å². The van der Waals surface area contributed by atoms with Gasteiger partial charge in [-0.1, -0.05) is 160 Å². The zero-order valence-electron chi connectivity index (χ0n) is 28.3. The van der Waals surface area contributed by atoms with E-state index in [2.05, 4.69) is 135 Å². The van der Waals surface area contributed by atoms with Crippen molar-refractivity contribution in [1.82, 2.24) is 19.9 Å². The Kier molecular flexibility index (Phi) is 8.11. The summed E-state index contributed by atoms with van der Waals surface area (Å²) in [5.74, 6) is 1.92. The highest BCUT2D eigenvalue weighted by atomic mass is 127. The summed E-state index contributed by atoms with van der Waals surface area (Å²) >= 11 is 1.69. The number of benzene rings is 6. The van der Waals surface area contributed by atoms with Gasteiger partial charge >= 0.3 is 0 Å². The van der Waals surface area contributed by atoms with Gasteiger partial charge in [-0.05, 0) is 54.6 Å². The fourth-order valence-corrected chi connectivity index (χ4v) is 9.78. The predicted octanol–water partition coefficient (Wildman–Crippen LogP) is 12.7. The Hall–Kier alpha value is -5.96. The summed E-state index contributed by atoms with van der Waals surface area (Å²) in [6.07, 6.45) is 2.29. The molecule has 0 unspecified atom stereocenters. The Morgan fingerprint density at radius 1 is 0.434 bits per heavy atom.